The van der Waals surface area contributed by atoms with Gasteiger partial charge in [-0.2, -0.15) is 0 Å². The number of hydrogen-bond donors (Lipinski definition) is 2. The van der Waals surface area contributed by atoms with Crippen molar-refractivity contribution < 1.29 is 19.8 Å². The lowest BCUT2D eigenvalue weighted by atomic mass is 10.0. The predicted octanol–water partition coefficient (Wildman–Crippen LogP) is 1.06. The molecule has 6 heteroatoms. The predicted molar refractivity (Wildman–Crippen MR) is 88.7 cm³/mol. The van der Waals surface area contributed by atoms with Gasteiger partial charge in [0, 0.05) is 43.7 Å². The summed E-state index contributed by atoms with van der Waals surface area (Å²) in [5.74, 6) is -0.977. The maximum absolute atomic E-state index is 12.5. The van der Waals surface area contributed by atoms with Gasteiger partial charge in [-0.05, 0) is 25.0 Å². The molecule has 2 aliphatic rings. The van der Waals surface area contributed by atoms with Crippen LogP contribution in [0.15, 0.2) is 30.3 Å². The molecule has 2 saturated heterocycles. The molecule has 130 valence electrons. The van der Waals surface area contributed by atoms with Crippen LogP contribution in [0.25, 0.3) is 0 Å². The molecule has 0 radical (unpaired) electrons. The van der Waals surface area contributed by atoms with Crippen LogP contribution in [0.5, 0.6) is 0 Å². The molecule has 0 saturated carbocycles. The molecule has 1 aromatic carbocycles. The number of carbonyl (C=O) groups is 2. The molecule has 2 heterocycles. The lowest BCUT2D eigenvalue weighted by Gasteiger charge is -2.36. The topological polar surface area (TPSA) is 81.1 Å². The summed E-state index contributed by atoms with van der Waals surface area (Å²) in [6.07, 6.45) is 1.18. The molecular weight excluding hydrogens is 308 g/mol. The largest absolute Gasteiger partial charge is 0.481 e. The van der Waals surface area contributed by atoms with Crippen LogP contribution in [0.1, 0.15) is 29.6 Å². The van der Waals surface area contributed by atoms with E-state index >= 15 is 0 Å². The van der Waals surface area contributed by atoms with Crippen LogP contribution >= 0.6 is 0 Å². The maximum Gasteiger partial charge on any atom is 0.303 e. The van der Waals surface area contributed by atoms with Gasteiger partial charge in [0.15, 0.2) is 0 Å². The fourth-order valence-electron chi connectivity index (χ4n) is 3.81. The minimum atomic E-state index is -0.857. The van der Waals surface area contributed by atoms with Gasteiger partial charge < -0.3 is 15.1 Å². The number of β-amino-alcohol motifs (C(OH)–C–C–N with tert-alkyl or cyclic N) is 1. The normalized spacial score (nSPS) is 25.8. The molecule has 0 bridgehead atoms. The molecule has 0 spiro atoms. The summed E-state index contributed by atoms with van der Waals surface area (Å²) in [4.78, 5) is 27.4. The van der Waals surface area contributed by atoms with Gasteiger partial charge in [-0.15, -0.1) is 0 Å². The Kier molecular flexibility index (Phi) is 5.16. The minimum absolute atomic E-state index is 0.0169. The smallest absolute Gasteiger partial charge is 0.303 e. The molecule has 2 N–H and O–H groups in total. The number of amides is 1. The SMILES string of the molecule is O=C(O)C[C@@H]1CN(C2CCN(C(=O)c3ccccc3)CC2)C[C@H]1O. The first-order valence-electron chi connectivity index (χ1n) is 8.53. The molecule has 2 fully saturated rings. The Labute approximate surface area is 141 Å². The number of benzene rings is 1. The van der Waals surface area contributed by atoms with Crippen LogP contribution in [0.2, 0.25) is 0 Å². The van der Waals surface area contributed by atoms with Gasteiger partial charge in [0.05, 0.1) is 12.5 Å². The van der Waals surface area contributed by atoms with E-state index in [0.29, 0.717) is 37.8 Å². The zero-order valence-electron chi connectivity index (χ0n) is 13.7. The van der Waals surface area contributed by atoms with Crippen LogP contribution in [0.3, 0.4) is 0 Å². The second-order valence-corrected chi connectivity index (χ2v) is 6.77. The Hall–Kier alpha value is -1.92. The second kappa shape index (κ2) is 7.32. The van der Waals surface area contributed by atoms with Crippen molar-refractivity contribution in [3.63, 3.8) is 0 Å². The molecule has 0 aliphatic carbocycles. The van der Waals surface area contributed by atoms with E-state index in [-0.39, 0.29) is 18.2 Å². The fraction of sp³-hybridized carbons (Fsp3) is 0.556. The minimum Gasteiger partial charge on any atom is -0.481 e. The molecule has 24 heavy (non-hydrogen) atoms. The number of carboxylic acid groups (broad SMARTS) is 1. The Morgan fingerprint density at radius 2 is 1.75 bits per heavy atom. The molecule has 1 amide bonds. The van der Waals surface area contributed by atoms with Crippen molar-refractivity contribution in [2.45, 2.75) is 31.4 Å². The molecule has 0 aromatic heterocycles. The van der Waals surface area contributed by atoms with Crippen molar-refractivity contribution in [1.29, 1.82) is 0 Å². The van der Waals surface area contributed by atoms with Gasteiger partial charge in [-0.3, -0.25) is 14.5 Å². The number of aliphatic hydroxyl groups is 1. The van der Waals surface area contributed by atoms with Gasteiger partial charge in [-0.1, -0.05) is 18.2 Å². The molecule has 0 unspecified atom stereocenters. The Morgan fingerprint density at radius 1 is 1.08 bits per heavy atom. The summed E-state index contributed by atoms with van der Waals surface area (Å²) in [5, 5.41) is 19.0. The third kappa shape index (κ3) is 3.76. The number of likely N-dealkylation sites (tertiary alicyclic amines) is 2. The number of rotatable bonds is 4. The highest BCUT2D eigenvalue weighted by atomic mass is 16.4. The second-order valence-electron chi connectivity index (χ2n) is 6.77. The molecule has 2 atom stereocenters. The number of hydrogen-bond acceptors (Lipinski definition) is 4. The highest BCUT2D eigenvalue weighted by Crippen LogP contribution is 2.27. The first-order chi connectivity index (χ1) is 11.5. The van der Waals surface area contributed by atoms with Gasteiger partial charge in [0.2, 0.25) is 0 Å². The number of aliphatic carboxylic acids is 1. The number of aliphatic hydroxyl groups excluding tert-OH is 1. The van der Waals surface area contributed by atoms with Crippen molar-refractivity contribution in [1.82, 2.24) is 9.80 Å². The van der Waals surface area contributed by atoms with E-state index in [9.17, 15) is 14.7 Å². The Bertz CT molecular complexity index is 584. The van der Waals surface area contributed by atoms with E-state index in [1.807, 2.05) is 35.2 Å². The van der Waals surface area contributed by atoms with Crippen LogP contribution in [0, 0.1) is 5.92 Å². The number of carboxylic acids is 1. The lowest BCUT2D eigenvalue weighted by molar-refractivity contribution is -0.138. The third-order valence-electron chi connectivity index (χ3n) is 5.16. The quantitative estimate of drug-likeness (QED) is 0.862. The molecular formula is C18H24N2O4. The molecule has 3 rings (SSSR count). The van der Waals surface area contributed by atoms with E-state index in [0.717, 1.165) is 12.8 Å². The summed E-state index contributed by atoms with van der Waals surface area (Å²) >= 11 is 0. The highest BCUT2D eigenvalue weighted by Gasteiger charge is 2.37. The van der Waals surface area contributed by atoms with Crippen molar-refractivity contribution in [2.24, 2.45) is 5.92 Å². The number of piperidine rings is 1. The van der Waals surface area contributed by atoms with Gasteiger partial charge in [0.1, 0.15) is 0 Å². The number of carbonyl (C=O) groups excluding carboxylic acids is 1. The summed E-state index contributed by atoms with van der Waals surface area (Å²) in [5.41, 5.74) is 0.717. The van der Waals surface area contributed by atoms with Gasteiger partial charge >= 0.3 is 5.97 Å². The van der Waals surface area contributed by atoms with Crippen LogP contribution in [0.4, 0.5) is 0 Å². The van der Waals surface area contributed by atoms with E-state index in [2.05, 4.69) is 4.90 Å². The summed E-state index contributed by atoms with van der Waals surface area (Å²) in [6.45, 7) is 2.57. The van der Waals surface area contributed by atoms with Crippen molar-refractivity contribution >= 4 is 11.9 Å². The van der Waals surface area contributed by atoms with E-state index < -0.39 is 12.1 Å². The van der Waals surface area contributed by atoms with E-state index in [1.165, 1.54) is 0 Å². The van der Waals surface area contributed by atoms with Crippen LogP contribution < -0.4 is 0 Å². The third-order valence-corrected chi connectivity index (χ3v) is 5.16. The zero-order valence-corrected chi connectivity index (χ0v) is 13.7. The maximum atomic E-state index is 12.5. The lowest BCUT2D eigenvalue weighted by Crippen LogP contribution is -2.46. The van der Waals surface area contributed by atoms with Gasteiger partial charge in [0.25, 0.3) is 5.91 Å². The van der Waals surface area contributed by atoms with E-state index in [1.54, 1.807) is 0 Å². The van der Waals surface area contributed by atoms with Crippen molar-refractivity contribution in [2.75, 3.05) is 26.2 Å². The van der Waals surface area contributed by atoms with Crippen LogP contribution in [-0.2, 0) is 4.79 Å². The number of nitrogens with zero attached hydrogens (tertiary/aromatic N) is 2. The average Bonchev–Trinajstić information content (AvgIpc) is 2.95. The summed E-state index contributed by atoms with van der Waals surface area (Å²) in [6, 6.07) is 9.62. The summed E-state index contributed by atoms with van der Waals surface area (Å²) < 4.78 is 0. The highest BCUT2D eigenvalue weighted by molar-refractivity contribution is 5.94. The van der Waals surface area contributed by atoms with Crippen LogP contribution in [-0.4, -0.2) is 70.2 Å². The standard InChI is InChI=1S/C18H24N2O4/c21-16-12-20(11-14(16)10-17(22)23)15-6-8-19(9-7-15)18(24)13-4-2-1-3-5-13/h1-5,14-16,21H,6-12H2,(H,22,23)/t14-,16-/m1/s1. The molecule has 1 aromatic rings. The van der Waals surface area contributed by atoms with Crippen molar-refractivity contribution in [3.8, 4) is 0 Å². The Balaban J connectivity index is 1.52. The molecule has 2 aliphatic heterocycles. The van der Waals surface area contributed by atoms with E-state index in [4.69, 9.17) is 5.11 Å². The monoisotopic (exact) mass is 332 g/mol. The zero-order chi connectivity index (χ0) is 17.1. The average molecular weight is 332 g/mol. The van der Waals surface area contributed by atoms with Crippen molar-refractivity contribution in [3.05, 3.63) is 35.9 Å². The molecule has 6 nitrogen and oxygen atoms in total. The first-order valence-corrected chi connectivity index (χ1v) is 8.53. The Morgan fingerprint density at radius 3 is 2.38 bits per heavy atom. The fourth-order valence-corrected chi connectivity index (χ4v) is 3.81. The first kappa shape index (κ1) is 16.9. The summed E-state index contributed by atoms with van der Waals surface area (Å²) in [7, 11) is 0. The van der Waals surface area contributed by atoms with Gasteiger partial charge in [-0.25, -0.2) is 0 Å².